The highest BCUT2D eigenvalue weighted by Crippen LogP contribution is 2.30. The van der Waals surface area contributed by atoms with Crippen molar-refractivity contribution in [1.82, 2.24) is 9.99 Å². The van der Waals surface area contributed by atoms with Crippen LogP contribution in [0.1, 0.15) is 27.9 Å². The molecular weight excluding hydrogens is 441 g/mol. The summed E-state index contributed by atoms with van der Waals surface area (Å²) < 4.78 is 14.7. The number of nitrogens with zero attached hydrogens (tertiary/aromatic N) is 1. The molecule has 9 heteroatoms. The van der Waals surface area contributed by atoms with Gasteiger partial charge in [-0.15, -0.1) is 0 Å². The Morgan fingerprint density at radius 2 is 1.74 bits per heavy atom. The average molecular weight is 465 g/mol. The van der Waals surface area contributed by atoms with E-state index in [1.807, 2.05) is 24.4 Å². The number of aliphatic carboxylic acids is 2. The van der Waals surface area contributed by atoms with Gasteiger partial charge in [0.25, 0.3) is 0 Å². The van der Waals surface area contributed by atoms with Crippen molar-refractivity contribution in [2.45, 2.75) is 12.8 Å². The van der Waals surface area contributed by atoms with Crippen molar-refractivity contribution < 1.29 is 29.0 Å². The minimum atomic E-state index is -1.26. The van der Waals surface area contributed by atoms with Crippen molar-refractivity contribution >= 4 is 34.2 Å². The lowest BCUT2D eigenvalue weighted by Crippen LogP contribution is -2.20. The molecule has 0 amide bonds. The van der Waals surface area contributed by atoms with E-state index in [1.165, 1.54) is 29.8 Å². The Bertz CT molecular complexity index is 1260. The standard InChI is InChI=1S/C21H20FN3O.C4H4O4/c22-17-4-2-16(3-5-17)21(26)12-14-1-6-20-18(11-14)19(13-25(20)23)15-7-9-24-10-8-15;5-3(6)1-2-4(7)8/h1-7,11,13,24H,8-10,12,23H2;1-2H,(H,5,6)(H,7,8)/b;2-1+. The molecule has 3 aromatic rings. The van der Waals surface area contributed by atoms with Crippen LogP contribution in [-0.2, 0) is 16.0 Å². The lowest BCUT2D eigenvalue weighted by atomic mass is 9.97. The SMILES string of the molecule is Nn1cc(C2=CCNCC2)c2cc(CC(=O)c3ccc(F)cc3)ccc21.O=C(O)/C=C/C(=O)O. The molecule has 0 atom stereocenters. The van der Waals surface area contributed by atoms with Crippen molar-refractivity contribution in [3.63, 3.8) is 0 Å². The number of hydrogen-bond donors (Lipinski definition) is 4. The fourth-order valence-corrected chi connectivity index (χ4v) is 3.60. The average Bonchev–Trinajstić information content (AvgIpc) is 3.15. The summed E-state index contributed by atoms with van der Waals surface area (Å²) in [4.78, 5) is 31.6. The first-order chi connectivity index (χ1) is 16.2. The molecule has 0 spiro atoms. The normalized spacial score (nSPS) is 13.3. The summed E-state index contributed by atoms with van der Waals surface area (Å²) in [6.07, 6.45) is 6.49. The smallest absolute Gasteiger partial charge is 0.328 e. The highest BCUT2D eigenvalue weighted by atomic mass is 19.1. The van der Waals surface area contributed by atoms with Crippen molar-refractivity contribution in [1.29, 1.82) is 0 Å². The lowest BCUT2D eigenvalue weighted by Gasteiger charge is -2.13. The zero-order valence-electron chi connectivity index (χ0n) is 18.2. The van der Waals surface area contributed by atoms with Gasteiger partial charge in [0.15, 0.2) is 5.78 Å². The van der Waals surface area contributed by atoms with Crippen molar-refractivity contribution in [3.05, 3.63) is 89.4 Å². The number of benzene rings is 2. The van der Waals surface area contributed by atoms with Crippen LogP contribution in [0.4, 0.5) is 4.39 Å². The molecule has 4 rings (SSSR count). The van der Waals surface area contributed by atoms with Crippen LogP contribution >= 0.6 is 0 Å². The first kappa shape index (κ1) is 24.4. The van der Waals surface area contributed by atoms with Gasteiger partial charge in [0.05, 0.1) is 5.52 Å². The summed E-state index contributed by atoms with van der Waals surface area (Å²) in [7, 11) is 0. The highest BCUT2D eigenvalue weighted by Gasteiger charge is 2.15. The van der Waals surface area contributed by atoms with Gasteiger partial charge in [-0.2, -0.15) is 0 Å². The number of nitrogens with one attached hydrogen (secondary N) is 1. The minimum absolute atomic E-state index is 0.0286. The van der Waals surface area contributed by atoms with Crippen molar-refractivity contribution in [3.8, 4) is 0 Å². The van der Waals surface area contributed by atoms with Crippen molar-refractivity contribution in [2.24, 2.45) is 0 Å². The summed E-state index contributed by atoms with van der Waals surface area (Å²) >= 11 is 0. The number of halogens is 1. The van der Waals surface area contributed by atoms with Gasteiger partial charge >= 0.3 is 11.9 Å². The molecule has 8 nitrogen and oxygen atoms in total. The topological polar surface area (TPSA) is 135 Å². The van der Waals surface area contributed by atoms with E-state index >= 15 is 0 Å². The molecule has 1 aromatic heterocycles. The van der Waals surface area contributed by atoms with Gasteiger partial charge < -0.3 is 21.4 Å². The maximum Gasteiger partial charge on any atom is 0.328 e. The van der Waals surface area contributed by atoms with Gasteiger partial charge in [0, 0.05) is 47.8 Å². The number of carbonyl (C=O) groups excluding carboxylic acids is 1. The van der Waals surface area contributed by atoms with Gasteiger partial charge in [-0.05, 0) is 60.5 Å². The molecular formula is C25H24FN3O5. The second kappa shape index (κ2) is 11.1. The van der Waals surface area contributed by atoms with Crippen molar-refractivity contribution in [2.75, 3.05) is 18.9 Å². The van der Waals surface area contributed by atoms with Gasteiger partial charge in [-0.3, -0.25) is 9.47 Å². The first-order valence-corrected chi connectivity index (χ1v) is 10.5. The number of carbonyl (C=O) groups is 3. The molecule has 0 radical (unpaired) electrons. The number of carboxylic acid groups (broad SMARTS) is 2. The van der Waals surface area contributed by atoms with E-state index in [0.29, 0.717) is 17.7 Å². The van der Waals surface area contributed by atoms with Crippen LogP contribution in [0.3, 0.4) is 0 Å². The summed E-state index contributed by atoms with van der Waals surface area (Å²) in [5, 5.41) is 20.0. The Kier molecular flexibility index (Phi) is 7.94. The highest BCUT2D eigenvalue weighted by molar-refractivity contribution is 5.99. The molecule has 0 bridgehead atoms. The lowest BCUT2D eigenvalue weighted by molar-refractivity contribution is -0.134. The van der Waals surface area contributed by atoms with E-state index in [-0.39, 0.29) is 18.0 Å². The maximum atomic E-state index is 13.0. The van der Waals surface area contributed by atoms with Crippen LogP contribution in [0.25, 0.3) is 16.5 Å². The number of ketones is 1. The van der Waals surface area contributed by atoms with E-state index in [9.17, 15) is 18.8 Å². The second-order valence-corrected chi connectivity index (χ2v) is 7.60. The largest absolute Gasteiger partial charge is 0.478 e. The number of nitrogens with two attached hydrogens (primary N) is 1. The fraction of sp³-hybridized carbons (Fsp3) is 0.160. The van der Waals surface area contributed by atoms with Crippen LogP contribution in [0.5, 0.6) is 0 Å². The van der Waals surface area contributed by atoms with E-state index in [0.717, 1.165) is 41.5 Å². The Balaban J connectivity index is 0.000000350. The third-order valence-corrected chi connectivity index (χ3v) is 5.21. The summed E-state index contributed by atoms with van der Waals surface area (Å²) in [5.41, 5.74) is 4.79. The zero-order valence-corrected chi connectivity index (χ0v) is 18.2. The summed E-state index contributed by atoms with van der Waals surface area (Å²) in [6, 6.07) is 11.6. The van der Waals surface area contributed by atoms with Crippen LogP contribution in [0, 0.1) is 5.82 Å². The number of hydrogen-bond acceptors (Lipinski definition) is 5. The van der Waals surface area contributed by atoms with Crippen LogP contribution in [-0.4, -0.2) is 45.7 Å². The van der Waals surface area contributed by atoms with Crippen LogP contribution < -0.4 is 11.2 Å². The molecule has 5 N–H and O–H groups in total. The minimum Gasteiger partial charge on any atom is -0.478 e. The van der Waals surface area contributed by atoms with E-state index in [2.05, 4.69) is 11.4 Å². The number of carboxylic acids is 2. The van der Waals surface area contributed by atoms with Crippen LogP contribution in [0.15, 0.2) is 66.9 Å². The van der Waals surface area contributed by atoms with Crippen LogP contribution in [0.2, 0.25) is 0 Å². The molecule has 0 saturated heterocycles. The predicted molar refractivity (Wildman–Crippen MR) is 126 cm³/mol. The predicted octanol–water partition coefficient (Wildman–Crippen LogP) is 3.01. The molecule has 0 fully saturated rings. The molecule has 34 heavy (non-hydrogen) atoms. The molecule has 0 aliphatic carbocycles. The second-order valence-electron chi connectivity index (χ2n) is 7.60. The molecule has 0 saturated carbocycles. The van der Waals surface area contributed by atoms with Gasteiger partial charge in [0.1, 0.15) is 5.82 Å². The Hall–Kier alpha value is -4.24. The molecule has 1 aliphatic heterocycles. The third-order valence-electron chi connectivity index (χ3n) is 5.21. The van der Waals surface area contributed by atoms with E-state index in [1.54, 1.807) is 4.68 Å². The van der Waals surface area contributed by atoms with Gasteiger partial charge in [0.2, 0.25) is 0 Å². The number of rotatable bonds is 6. The Labute approximate surface area is 194 Å². The number of aromatic nitrogens is 1. The maximum absolute atomic E-state index is 13.0. The summed E-state index contributed by atoms with van der Waals surface area (Å²) in [6.45, 7) is 1.81. The number of nitrogen functional groups attached to an aromatic ring is 1. The van der Waals surface area contributed by atoms with Gasteiger partial charge in [-0.25, -0.2) is 14.0 Å². The fourth-order valence-electron chi connectivity index (χ4n) is 3.60. The summed E-state index contributed by atoms with van der Waals surface area (Å²) in [5.74, 6) is 3.23. The molecule has 0 unspecified atom stereocenters. The van der Waals surface area contributed by atoms with Gasteiger partial charge in [-0.1, -0.05) is 12.1 Å². The molecule has 2 aromatic carbocycles. The Morgan fingerprint density at radius 1 is 1.06 bits per heavy atom. The quantitative estimate of drug-likeness (QED) is 0.250. The molecule has 176 valence electrons. The third kappa shape index (κ3) is 6.39. The van der Waals surface area contributed by atoms with E-state index in [4.69, 9.17) is 16.1 Å². The monoisotopic (exact) mass is 465 g/mol. The first-order valence-electron chi connectivity index (χ1n) is 10.5. The zero-order chi connectivity index (χ0) is 24.7. The number of fused-ring (bicyclic) bond motifs is 1. The van der Waals surface area contributed by atoms with E-state index < -0.39 is 11.9 Å². The Morgan fingerprint density at radius 3 is 2.32 bits per heavy atom. The molecule has 2 heterocycles. The number of Topliss-reactive ketones (excluding diaryl/α,β-unsaturated/α-hetero) is 1. The molecule has 1 aliphatic rings.